The highest BCUT2D eigenvalue weighted by atomic mass is 16.5. The van der Waals surface area contributed by atoms with Crippen LogP contribution in [0.15, 0.2) is 24.3 Å². The second kappa shape index (κ2) is 10.2. The van der Waals surface area contributed by atoms with E-state index in [9.17, 15) is 5.11 Å². The van der Waals surface area contributed by atoms with Crippen LogP contribution in [-0.2, 0) is 0 Å². The first-order valence-corrected chi connectivity index (χ1v) is 7.31. The van der Waals surface area contributed by atoms with Crippen molar-refractivity contribution < 1.29 is 14.9 Å². The van der Waals surface area contributed by atoms with Gasteiger partial charge >= 0.3 is 0 Å². The largest absolute Gasteiger partial charge is 0.492 e. The lowest BCUT2D eigenvalue weighted by Gasteiger charge is -2.17. The molecule has 4 nitrogen and oxygen atoms in total. The van der Waals surface area contributed by atoms with Crippen molar-refractivity contribution in [2.24, 2.45) is 0 Å². The number of hydrogen-bond acceptors (Lipinski definition) is 4. The molecular weight excluding hydrogens is 266 g/mol. The fourth-order valence-corrected chi connectivity index (χ4v) is 1.72. The summed E-state index contributed by atoms with van der Waals surface area (Å²) >= 11 is 0. The summed E-state index contributed by atoms with van der Waals surface area (Å²) in [7, 11) is 2.02. The van der Waals surface area contributed by atoms with Gasteiger partial charge in [-0.1, -0.05) is 17.9 Å². The van der Waals surface area contributed by atoms with E-state index in [1.807, 2.05) is 31.3 Å². The van der Waals surface area contributed by atoms with E-state index in [1.54, 1.807) is 6.92 Å². The number of benzene rings is 1. The molecule has 0 aromatic heterocycles. The molecule has 1 rings (SSSR count). The molecule has 0 aliphatic heterocycles. The quantitative estimate of drug-likeness (QED) is 0.713. The van der Waals surface area contributed by atoms with E-state index < -0.39 is 0 Å². The molecule has 0 saturated carbocycles. The van der Waals surface area contributed by atoms with E-state index >= 15 is 0 Å². The first-order valence-electron chi connectivity index (χ1n) is 7.31. The summed E-state index contributed by atoms with van der Waals surface area (Å²) in [6.07, 6.45) is 0.994. The predicted molar refractivity (Wildman–Crippen MR) is 84.3 cm³/mol. The Bertz CT molecular complexity index is 463. The van der Waals surface area contributed by atoms with Crippen LogP contribution in [-0.4, -0.2) is 54.6 Å². The third kappa shape index (κ3) is 8.36. The highest BCUT2D eigenvalue weighted by molar-refractivity contribution is 5.39. The van der Waals surface area contributed by atoms with Crippen molar-refractivity contribution >= 4 is 0 Å². The van der Waals surface area contributed by atoms with E-state index in [4.69, 9.17) is 9.84 Å². The van der Waals surface area contributed by atoms with Crippen LogP contribution in [0.3, 0.4) is 0 Å². The average Bonchev–Trinajstić information content (AvgIpc) is 2.46. The summed E-state index contributed by atoms with van der Waals surface area (Å²) in [5, 5.41) is 17.9. The standard InChI is InChI=1S/C17H25NO3/c1-15(20)9-10-18(2)11-13-21-17-8-5-7-16(14-17)6-3-4-12-19/h5,7-8,14-15,19-20H,4,9-13H2,1-2H3. The Labute approximate surface area is 127 Å². The number of rotatable bonds is 8. The minimum absolute atomic E-state index is 0.0853. The minimum Gasteiger partial charge on any atom is -0.492 e. The van der Waals surface area contributed by atoms with Crippen LogP contribution >= 0.6 is 0 Å². The van der Waals surface area contributed by atoms with Crippen LogP contribution in [0, 0.1) is 11.8 Å². The van der Waals surface area contributed by atoms with E-state index in [2.05, 4.69) is 16.7 Å². The molecule has 4 heteroatoms. The Balaban J connectivity index is 2.35. The number of nitrogens with zero attached hydrogens (tertiary/aromatic N) is 1. The molecule has 2 N–H and O–H groups in total. The molecule has 1 aromatic carbocycles. The van der Waals surface area contributed by atoms with Gasteiger partial charge in [0.25, 0.3) is 0 Å². The maximum atomic E-state index is 9.24. The monoisotopic (exact) mass is 291 g/mol. The predicted octanol–water partition coefficient (Wildman–Crippen LogP) is 1.50. The molecule has 0 bridgehead atoms. The highest BCUT2D eigenvalue weighted by Crippen LogP contribution is 2.12. The van der Waals surface area contributed by atoms with Crippen molar-refractivity contribution in [3.8, 4) is 17.6 Å². The Morgan fingerprint density at radius 3 is 2.86 bits per heavy atom. The molecule has 0 heterocycles. The first-order chi connectivity index (χ1) is 10.1. The molecule has 0 aliphatic carbocycles. The van der Waals surface area contributed by atoms with Gasteiger partial charge in [-0.2, -0.15) is 0 Å². The fourth-order valence-electron chi connectivity index (χ4n) is 1.72. The Morgan fingerprint density at radius 2 is 2.14 bits per heavy atom. The fraction of sp³-hybridized carbons (Fsp3) is 0.529. The number of likely N-dealkylation sites (N-methyl/N-ethyl adjacent to an activating group) is 1. The summed E-state index contributed by atoms with van der Waals surface area (Å²) in [4.78, 5) is 2.14. The van der Waals surface area contributed by atoms with Crippen molar-refractivity contribution in [2.75, 3.05) is 33.4 Å². The Hall–Kier alpha value is -1.54. The minimum atomic E-state index is -0.262. The molecule has 1 atom stereocenters. The molecule has 0 saturated heterocycles. The molecule has 0 fully saturated rings. The zero-order valence-electron chi connectivity index (χ0n) is 12.9. The molecule has 116 valence electrons. The first kappa shape index (κ1) is 17.5. The van der Waals surface area contributed by atoms with Gasteiger partial charge in [-0.3, -0.25) is 0 Å². The molecular formula is C17H25NO3. The third-order valence-corrected chi connectivity index (χ3v) is 2.97. The van der Waals surface area contributed by atoms with E-state index in [0.29, 0.717) is 13.0 Å². The summed E-state index contributed by atoms with van der Waals surface area (Å²) in [5.41, 5.74) is 0.892. The molecule has 0 amide bonds. The second-order valence-corrected chi connectivity index (χ2v) is 5.09. The lowest BCUT2D eigenvalue weighted by molar-refractivity contribution is 0.157. The van der Waals surface area contributed by atoms with Crippen LogP contribution in [0.5, 0.6) is 5.75 Å². The highest BCUT2D eigenvalue weighted by Gasteiger charge is 2.02. The van der Waals surface area contributed by atoms with Gasteiger partial charge in [0, 0.05) is 25.1 Å². The van der Waals surface area contributed by atoms with Gasteiger partial charge < -0.3 is 19.8 Å². The SMILES string of the molecule is CC(O)CCN(C)CCOc1cccc(C#CCCO)c1. The summed E-state index contributed by atoms with van der Waals surface area (Å²) in [5.74, 6) is 6.68. The summed E-state index contributed by atoms with van der Waals surface area (Å²) < 4.78 is 5.71. The summed E-state index contributed by atoms with van der Waals surface area (Å²) in [6.45, 7) is 4.15. The average molecular weight is 291 g/mol. The molecule has 1 aromatic rings. The maximum absolute atomic E-state index is 9.24. The number of aliphatic hydroxyl groups is 2. The Morgan fingerprint density at radius 1 is 1.33 bits per heavy atom. The van der Waals surface area contributed by atoms with Crippen LogP contribution < -0.4 is 4.74 Å². The smallest absolute Gasteiger partial charge is 0.120 e. The normalized spacial score (nSPS) is 11.9. The van der Waals surface area contributed by atoms with Gasteiger partial charge in [0.1, 0.15) is 12.4 Å². The van der Waals surface area contributed by atoms with Crippen molar-refractivity contribution in [1.82, 2.24) is 4.90 Å². The van der Waals surface area contributed by atoms with Gasteiger partial charge in [-0.25, -0.2) is 0 Å². The molecule has 0 radical (unpaired) electrons. The Kier molecular flexibility index (Phi) is 8.53. The molecule has 0 aliphatic rings. The molecule has 0 spiro atoms. The van der Waals surface area contributed by atoms with Gasteiger partial charge in [0.05, 0.1) is 12.7 Å². The number of ether oxygens (including phenoxy) is 1. The van der Waals surface area contributed by atoms with Crippen LogP contribution in [0.4, 0.5) is 0 Å². The number of aliphatic hydroxyl groups excluding tert-OH is 2. The van der Waals surface area contributed by atoms with Gasteiger partial charge in [0.2, 0.25) is 0 Å². The van der Waals surface area contributed by atoms with Crippen molar-refractivity contribution in [3.63, 3.8) is 0 Å². The topological polar surface area (TPSA) is 52.9 Å². The van der Waals surface area contributed by atoms with Crippen LogP contribution in [0.2, 0.25) is 0 Å². The van der Waals surface area contributed by atoms with Crippen molar-refractivity contribution in [3.05, 3.63) is 29.8 Å². The van der Waals surface area contributed by atoms with Crippen molar-refractivity contribution in [2.45, 2.75) is 25.9 Å². The second-order valence-electron chi connectivity index (χ2n) is 5.09. The lowest BCUT2D eigenvalue weighted by Crippen LogP contribution is -2.27. The number of hydrogen-bond donors (Lipinski definition) is 2. The third-order valence-electron chi connectivity index (χ3n) is 2.97. The van der Waals surface area contributed by atoms with Gasteiger partial charge in [-0.05, 0) is 38.6 Å². The van der Waals surface area contributed by atoms with Crippen LogP contribution in [0.1, 0.15) is 25.3 Å². The summed E-state index contributed by atoms with van der Waals surface area (Å²) in [6, 6.07) is 7.65. The van der Waals surface area contributed by atoms with E-state index in [-0.39, 0.29) is 12.7 Å². The van der Waals surface area contributed by atoms with Gasteiger partial charge in [0.15, 0.2) is 0 Å². The van der Waals surface area contributed by atoms with E-state index in [0.717, 1.165) is 30.8 Å². The van der Waals surface area contributed by atoms with Crippen molar-refractivity contribution in [1.29, 1.82) is 0 Å². The van der Waals surface area contributed by atoms with E-state index in [1.165, 1.54) is 0 Å². The molecule has 21 heavy (non-hydrogen) atoms. The molecule has 1 unspecified atom stereocenters. The zero-order valence-corrected chi connectivity index (χ0v) is 12.9. The maximum Gasteiger partial charge on any atom is 0.120 e. The van der Waals surface area contributed by atoms with Crippen LogP contribution in [0.25, 0.3) is 0 Å². The van der Waals surface area contributed by atoms with Gasteiger partial charge in [-0.15, -0.1) is 0 Å². The zero-order chi connectivity index (χ0) is 15.5. The lowest BCUT2D eigenvalue weighted by atomic mass is 10.2.